The summed E-state index contributed by atoms with van der Waals surface area (Å²) in [6, 6.07) is 1.03. The lowest BCUT2D eigenvalue weighted by molar-refractivity contribution is -0.0438. The summed E-state index contributed by atoms with van der Waals surface area (Å²) in [7, 11) is 0. The third-order valence-electron chi connectivity index (χ3n) is 3.76. The van der Waals surface area contributed by atoms with Crippen LogP contribution in [-0.2, 0) is 0 Å². The minimum Gasteiger partial charge on any atom is -0.389 e. The summed E-state index contributed by atoms with van der Waals surface area (Å²) in [5.41, 5.74) is -0.583. The van der Waals surface area contributed by atoms with E-state index in [1.165, 1.54) is 0 Å². The van der Waals surface area contributed by atoms with Gasteiger partial charge in [0.2, 0.25) is 0 Å². The number of hydrogen-bond acceptors (Lipinski definition) is 3. The molecule has 1 heterocycles. The van der Waals surface area contributed by atoms with E-state index in [1.807, 2.05) is 6.92 Å². The topological polar surface area (TPSA) is 35.5 Å². The quantitative estimate of drug-likeness (QED) is 0.738. The van der Waals surface area contributed by atoms with Crippen LogP contribution in [0.4, 0.5) is 0 Å². The van der Waals surface area contributed by atoms with E-state index >= 15 is 0 Å². The summed E-state index contributed by atoms with van der Waals surface area (Å²) < 4.78 is 0. The Morgan fingerprint density at radius 3 is 2.20 bits per heavy atom. The van der Waals surface area contributed by atoms with Crippen LogP contribution >= 0.6 is 0 Å². The average Bonchev–Trinajstić information content (AvgIpc) is 2.11. The molecule has 15 heavy (non-hydrogen) atoms. The van der Waals surface area contributed by atoms with E-state index in [0.29, 0.717) is 18.0 Å². The van der Waals surface area contributed by atoms with E-state index in [-0.39, 0.29) is 0 Å². The Balaban J connectivity index is 2.62. The summed E-state index contributed by atoms with van der Waals surface area (Å²) in [4.78, 5) is 2.41. The van der Waals surface area contributed by atoms with Gasteiger partial charge in [0, 0.05) is 31.7 Å². The van der Waals surface area contributed by atoms with Crippen LogP contribution in [0.5, 0.6) is 0 Å². The standard InChI is InChI=1S/C12H26N2O/c1-9(2)12(5,15)8-14-10(3)6-13-7-11(14)4/h9-11,13,15H,6-8H2,1-5H3. The molecule has 0 aromatic carbocycles. The molecule has 2 N–H and O–H groups in total. The molecule has 0 aromatic heterocycles. The van der Waals surface area contributed by atoms with Crippen molar-refractivity contribution in [2.45, 2.75) is 52.3 Å². The van der Waals surface area contributed by atoms with Gasteiger partial charge >= 0.3 is 0 Å². The number of β-amino-alcohol motifs (C(OH)–C–C–N with tert-alkyl or cyclic N) is 1. The van der Waals surface area contributed by atoms with Crippen molar-refractivity contribution in [2.75, 3.05) is 19.6 Å². The monoisotopic (exact) mass is 214 g/mol. The summed E-state index contributed by atoms with van der Waals surface area (Å²) >= 11 is 0. The van der Waals surface area contributed by atoms with Gasteiger partial charge in [-0.15, -0.1) is 0 Å². The van der Waals surface area contributed by atoms with Gasteiger partial charge in [-0.2, -0.15) is 0 Å². The van der Waals surface area contributed by atoms with E-state index in [1.54, 1.807) is 0 Å². The third-order valence-corrected chi connectivity index (χ3v) is 3.76. The zero-order valence-electron chi connectivity index (χ0n) is 10.7. The lowest BCUT2D eigenvalue weighted by Crippen LogP contribution is -2.59. The van der Waals surface area contributed by atoms with Gasteiger partial charge in [-0.25, -0.2) is 0 Å². The highest BCUT2D eigenvalue weighted by Crippen LogP contribution is 2.21. The first-order valence-corrected chi connectivity index (χ1v) is 6.03. The maximum atomic E-state index is 10.3. The molecule has 1 fully saturated rings. The summed E-state index contributed by atoms with van der Waals surface area (Å²) in [5.74, 6) is 0.298. The predicted molar refractivity (Wildman–Crippen MR) is 64.0 cm³/mol. The molecule has 3 atom stereocenters. The fraction of sp³-hybridized carbons (Fsp3) is 1.00. The van der Waals surface area contributed by atoms with Crippen LogP contribution in [0, 0.1) is 5.92 Å². The maximum Gasteiger partial charge on any atom is 0.0769 e. The van der Waals surface area contributed by atoms with E-state index < -0.39 is 5.60 Å². The van der Waals surface area contributed by atoms with Crippen molar-refractivity contribution in [3.05, 3.63) is 0 Å². The van der Waals surface area contributed by atoms with Crippen LogP contribution < -0.4 is 5.32 Å². The van der Waals surface area contributed by atoms with Crippen molar-refractivity contribution in [3.63, 3.8) is 0 Å². The molecule has 3 heteroatoms. The van der Waals surface area contributed by atoms with Crippen LogP contribution in [-0.4, -0.2) is 47.3 Å². The highest BCUT2D eigenvalue weighted by molar-refractivity contribution is 4.89. The van der Waals surface area contributed by atoms with Crippen molar-refractivity contribution in [1.82, 2.24) is 10.2 Å². The highest BCUT2D eigenvalue weighted by Gasteiger charge is 2.33. The number of piperazine rings is 1. The van der Waals surface area contributed by atoms with Crippen molar-refractivity contribution in [1.29, 1.82) is 0 Å². The molecule has 3 nitrogen and oxygen atoms in total. The Morgan fingerprint density at radius 1 is 1.33 bits per heavy atom. The first-order valence-electron chi connectivity index (χ1n) is 6.03. The molecule has 1 saturated heterocycles. The number of hydrogen-bond donors (Lipinski definition) is 2. The Kier molecular flexibility index (Phi) is 4.15. The van der Waals surface area contributed by atoms with Gasteiger partial charge in [0.05, 0.1) is 5.60 Å². The molecular weight excluding hydrogens is 188 g/mol. The Bertz CT molecular complexity index is 194. The number of rotatable bonds is 3. The largest absolute Gasteiger partial charge is 0.389 e. The predicted octanol–water partition coefficient (Wildman–Crippen LogP) is 1.08. The van der Waals surface area contributed by atoms with Crippen molar-refractivity contribution in [2.24, 2.45) is 5.92 Å². The van der Waals surface area contributed by atoms with Gasteiger partial charge in [-0.3, -0.25) is 4.90 Å². The summed E-state index contributed by atoms with van der Waals surface area (Å²) in [6.07, 6.45) is 0. The highest BCUT2D eigenvalue weighted by atomic mass is 16.3. The van der Waals surface area contributed by atoms with Gasteiger partial charge in [0.1, 0.15) is 0 Å². The number of nitrogens with zero attached hydrogens (tertiary/aromatic N) is 1. The van der Waals surface area contributed by atoms with Crippen LogP contribution in [0.2, 0.25) is 0 Å². The molecule has 0 saturated carbocycles. The third kappa shape index (κ3) is 3.16. The van der Waals surface area contributed by atoms with E-state index in [9.17, 15) is 5.11 Å². The lowest BCUT2D eigenvalue weighted by atomic mass is 9.90. The average molecular weight is 214 g/mol. The summed E-state index contributed by atoms with van der Waals surface area (Å²) in [5, 5.41) is 13.7. The molecule has 0 spiro atoms. The van der Waals surface area contributed by atoms with Crippen LogP contribution in [0.25, 0.3) is 0 Å². The normalized spacial score (nSPS) is 33.0. The lowest BCUT2D eigenvalue weighted by Gasteiger charge is -2.44. The molecule has 0 aromatic rings. The molecule has 1 aliphatic heterocycles. The van der Waals surface area contributed by atoms with Crippen LogP contribution in [0.15, 0.2) is 0 Å². The Morgan fingerprint density at radius 2 is 1.80 bits per heavy atom. The number of nitrogens with one attached hydrogen (secondary N) is 1. The van der Waals surface area contributed by atoms with Crippen molar-refractivity contribution >= 4 is 0 Å². The van der Waals surface area contributed by atoms with E-state index in [0.717, 1.165) is 19.6 Å². The SMILES string of the molecule is CC1CNCC(C)N1CC(C)(O)C(C)C. The maximum absolute atomic E-state index is 10.3. The molecular formula is C12H26N2O. The van der Waals surface area contributed by atoms with Gasteiger partial charge in [-0.1, -0.05) is 13.8 Å². The Labute approximate surface area is 93.9 Å². The molecule has 0 bridgehead atoms. The van der Waals surface area contributed by atoms with Gasteiger partial charge in [0.25, 0.3) is 0 Å². The number of aliphatic hydroxyl groups is 1. The zero-order valence-corrected chi connectivity index (χ0v) is 10.7. The second-order valence-corrected chi connectivity index (χ2v) is 5.54. The zero-order chi connectivity index (χ0) is 11.6. The molecule has 0 amide bonds. The van der Waals surface area contributed by atoms with Crippen molar-refractivity contribution < 1.29 is 5.11 Å². The van der Waals surface area contributed by atoms with Crippen LogP contribution in [0.3, 0.4) is 0 Å². The van der Waals surface area contributed by atoms with E-state index in [4.69, 9.17) is 0 Å². The second kappa shape index (κ2) is 4.81. The molecule has 0 radical (unpaired) electrons. The fourth-order valence-electron chi connectivity index (χ4n) is 2.03. The second-order valence-electron chi connectivity index (χ2n) is 5.54. The molecule has 1 rings (SSSR count). The first kappa shape index (κ1) is 12.9. The minimum atomic E-state index is -0.583. The first-order chi connectivity index (χ1) is 6.84. The Hall–Kier alpha value is -0.120. The minimum absolute atomic E-state index is 0.298. The van der Waals surface area contributed by atoms with Crippen molar-refractivity contribution in [3.8, 4) is 0 Å². The molecule has 90 valence electrons. The molecule has 0 aliphatic carbocycles. The van der Waals surface area contributed by atoms with Gasteiger partial charge in [0.15, 0.2) is 0 Å². The van der Waals surface area contributed by atoms with Crippen LogP contribution in [0.1, 0.15) is 34.6 Å². The summed E-state index contributed by atoms with van der Waals surface area (Å²) in [6.45, 7) is 13.4. The van der Waals surface area contributed by atoms with E-state index in [2.05, 4.69) is 37.9 Å². The van der Waals surface area contributed by atoms with Gasteiger partial charge in [-0.05, 0) is 26.7 Å². The fourth-order valence-corrected chi connectivity index (χ4v) is 2.03. The van der Waals surface area contributed by atoms with Gasteiger partial charge < -0.3 is 10.4 Å². The molecule has 1 aliphatic rings. The molecule has 3 unspecified atom stereocenters. The smallest absolute Gasteiger partial charge is 0.0769 e.